The zero-order valence-corrected chi connectivity index (χ0v) is 26.0. The third kappa shape index (κ3) is 5.54. The number of hydrogen-bond acceptors (Lipinski definition) is 7. The molecule has 0 N–H and O–H groups in total. The number of carbonyl (C=O) groups is 1. The van der Waals surface area contributed by atoms with E-state index in [0.29, 0.717) is 26.4 Å². The molecular formula is C35H32N4O4S. The Bertz CT molecular complexity index is 2050. The van der Waals surface area contributed by atoms with E-state index in [1.807, 2.05) is 103 Å². The van der Waals surface area contributed by atoms with E-state index in [4.69, 9.17) is 19.6 Å². The van der Waals surface area contributed by atoms with Crippen molar-refractivity contribution in [2.75, 3.05) is 7.11 Å². The molecule has 0 amide bonds. The van der Waals surface area contributed by atoms with Crippen molar-refractivity contribution in [2.45, 2.75) is 39.8 Å². The lowest BCUT2D eigenvalue weighted by Crippen LogP contribution is -2.40. The van der Waals surface area contributed by atoms with Crippen LogP contribution in [-0.2, 0) is 9.53 Å². The molecule has 1 aliphatic rings. The van der Waals surface area contributed by atoms with Crippen LogP contribution in [0, 0.1) is 6.92 Å². The third-order valence-electron chi connectivity index (χ3n) is 7.39. The van der Waals surface area contributed by atoms with Gasteiger partial charge < -0.3 is 9.47 Å². The smallest absolute Gasteiger partial charge is 0.338 e. The van der Waals surface area contributed by atoms with Crippen molar-refractivity contribution in [2.24, 2.45) is 4.99 Å². The largest absolute Gasteiger partial charge is 0.497 e. The number of aromatic nitrogens is 3. The van der Waals surface area contributed by atoms with Crippen LogP contribution in [0.2, 0.25) is 0 Å². The normalized spacial score (nSPS) is 14.9. The standard InChI is InChI=1S/C35H32N4O4S/c1-21(2)43-34(41)30-23(4)36-35-39(32(30)25-15-17-28(42-5)18-16-25)33(40)29(44-35)19-26-20-38(27-9-7-6-8-10-27)37-31(26)24-13-11-22(3)12-14-24/h6-21,32H,1-5H3/b29-19-. The Labute approximate surface area is 258 Å². The van der Waals surface area contributed by atoms with Gasteiger partial charge in [0.25, 0.3) is 5.56 Å². The molecule has 1 atom stereocenters. The second kappa shape index (κ2) is 11.9. The monoisotopic (exact) mass is 604 g/mol. The van der Waals surface area contributed by atoms with Crippen molar-refractivity contribution in [1.29, 1.82) is 0 Å². The Balaban J connectivity index is 1.55. The van der Waals surface area contributed by atoms with Gasteiger partial charge in [0.1, 0.15) is 5.75 Å². The number of nitrogens with zero attached hydrogens (tertiary/aromatic N) is 4. The van der Waals surface area contributed by atoms with Crippen LogP contribution < -0.4 is 19.6 Å². The molecule has 1 unspecified atom stereocenters. The first-order valence-electron chi connectivity index (χ1n) is 14.3. The molecule has 2 aromatic heterocycles. The summed E-state index contributed by atoms with van der Waals surface area (Å²) < 4.78 is 14.9. The van der Waals surface area contributed by atoms with Gasteiger partial charge in [-0.05, 0) is 63.6 Å². The Morgan fingerprint density at radius 3 is 2.34 bits per heavy atom. The highest BCUT2D eigenvalue weighted by Crippen LogP contribution is 2.32. The highest BCUT2D eigenvalue weighted by molar-refractivity contribution is 7.07. The van der Waals surface area contributed by atoms with Gasteiger partial charge in [0.05, 0.1) is 46.4 Å². The van der Waals surface area contributed by atoms with Crippen LogP contribution in [0.3, 0.4) is 0 Å². The minimum atomic E-state index is -0.714. The van der Waals surface area contributed by atoms with Gasteiger partial charge in [-0.1, -0.05) is 71.5 Å². The first-order valence-corrected chi connectivity index (χ1v) is 15.1. The summed E-state index contributed by atoms with van der Waals surface area (Å²) in [6.45, 7) is 7.42. The molecule has 3 aromatic carbocycles. The number of esters is 1. The topological polar surface area (TPSA) is 87.7 Å². The summed E-state index contributed by atoms with van der Waals surface area (Å²) in [6.07, 6.45) is 3.47. The summed E-state index contributed by atoms with van der Waals surface area (Å²) in [5, 5.41) is 4.92. The summed E-state index contributed by atoms with van der Waals surface area (Å²) >= 11 is 1.29. The molecule has 0 spiro atoms. The zero-order valence-electron chi connectivity index (χ0n) is 25.1. The first-order chi connectivity index (χ1) is 21.2. The van der Waals surface area contributed by atoms with Gasteiger partial charge in [-0.15, -0.1) is 0 Å². The van der Waals surface area contributed by atoms with Crippen LogP contribution in [0.1, 0.15) is 43.5 Å². The Hall–Kier alpha value is -5.02. The van der Waals surface area contributed by atoms with Crippen molar-refractivity contribution in [3.05, 3.63) is 133 Å². The molecule has 0 radical (unpaired) electrons. The van der Waals surface area contributed by atoms with Crippen LogP contribution in [0.25, 0.3) is 23.0 Å². The minimum absolute atomic E-state index is 0.251. The second-order valence-corrected chi connectivity index (χ2v) is 11.9. The van der Waals surface area contributed by atoms with Crippen LogP contribution in [0.15, 0.2) is 106 Å². The molecule has 1 aliphatic heterocycles. The summed E-state index contributed by atoms with van der Waals surface area (Å²) in [4.78, 5) is 32.9. The highest BCUT2D eigenvalue weighted by atomic mass is 32.1. The van der Waals surface area contributed by atoms with Gasteiger partial charge in [-0.25, -0.2) is 14.5 Å². The van der Waals surface area contributed by atoms with Gasteiger partial charge in [0.15, 0.2) is 4.80 Å². The van der Waals surface area contributed by atoms with E-state index in [9.17, 15) is 9.59 Å². The Kier molecular flexibility index (Phi) is 7.88. The maximum absolute atomic E-state index is 14.2. The van der Waals surface area contributed by atoms with E-state index in [1.54, 1.807) is 32.4 Å². The van der Waals surface area contributed by atoms with E-state index in [0.717, 1.165) is 33.6 Å². The SMILES string of the molecule is COc1ccc(C2C(C(=O)OC(C)C)=C(C)N=c3s/c(=C\c4cn(-c5ccccc5)nc4-c4ccc(C)cc4)c(=O)n32)cc1. The average molecular weight is 605 g/mol. The fraction of sp³-hybridized carbons (Fsp3) is 0.200. The Morgan fingerprint density at radius 1 is 0.977 bits per heavy atom. The van der Waals surface area contributed by atoms with Crippen molar-refractivity contribution in [1.82, 2.24) is 14.3 Å². The summed E-state index contributed by atoms with van der Waals surface area (Å²) in [5.41, 5.74) is 5.89. The van der Waals surface area contributed by atoms with Gasteiger partial charge in [0.2, 0.25) is 0 Å². The molecule has 0 bridgehead atoms. The quantitative estimate of drug-likeness (QED) is 0.234. The van der Waals surface area contributed by atoms with E-state index >= 15 is 0 Å². The predicted octanol–water partition coefficient (Wildman–Crippen LogP) is 5.36. The zero-order chi connectivity index (χ0) is 31.0. The predicted molar refractivity (Wildman–Crippen MR) is 172 cm³/mol. The van der Waals surface area contributed by atoms with Crippen molar-refractivity contribution < 1.29 is 14.3 Å². The number of para-hydroxylation sites is 1. The van der Waals surface area contributed by atoms with Crippen molar-refractivity contribution in [3.63, 3.8) is 0 Å². The van der Waals surface area contributed by atoms with Crippen LogP contribution in [0.4, 0.5) is 0 Å². The molecule has 222 valence electrons. The number of fused-ring (bicyclic) bond motifs is 1. The van der Waals surface area contributed by atoms with Crippen LogP contribution >= 0.6 is 11.3 Å². The fourth-order valence-electron chi connectivity index (χ4n) is 5.24. The maximum Gasteiger partial charge on any atom is 0.338 e. The molecule has 0 aliphatic carbocycles. The average Bonchev–Trinajstić information content (AvgIpc) is 3.57. The van der Waals surface area contributed by atoms with E-state index < -0.39 is 12.0 Å². The van der Waals surface area contributed by atoms with Crippen molar-refractivity contribution >= 4 is 23.4 Å². The molecule has 8 nitrogen and oxygen atoms in total. The number of allylic oxidation sites excluding steroid dienone is 1. The van der Waals surface area contributed by atoms with Gasteiger partial charge in [0, 0.05) is 17.3 Å². The van der Waals surface area contributed by atoms with E-state index in [1.165, 1.54) is 11.3 Å². The molecule has 0 saturated heterocycles. The Morgan fingerprint density at radius 2 is 1.68 bits per heavy atom. The molecule has 0 fully saturated rings. The molecule has 5 aromatic rings. The fourth-order valence-corrected chi connectivity index (χ4v) is 6.28. The third-order valence-corrected chi connectivity index (χ3v) is 8.37. The molecule has 0 saturated carbocycles. The van der Waals surface area contributed by atoms with Crippen molar-refractivity contribution in [3.8, 4) is 22.7 Å². The molecule has 44 heavy (non-hydrogen) atoms. The minimum Gasteiger partial charge on any atom is -0.497 e. The number of carbonyl (C=O) groups excluding carboxylic acids is 1. The number of benzene rings is 3. The summed E-state index contributed by atoms with van der Waals surface area (Å²) in [7, 11) is 1.60. The number of thiazole rings is 1. The van der Waals surface area contributed by atoms with Gasteiger partial charge in [-0.2, -0.15) is 5.10 Å². The maximum atomic E-state index is 14.2. The lowest BCUT2D eigenvalue weighted by atomic mass is 9.96. The number of aryl methyl sites for hydroxylation is 1. The number of methoxy groups -OCH3 is 1. The van der Waals surface area contributed by atoms with Gasteiger partial charge in [-0.3, -0.25) is 9.36 Å². The summed E-state index contributed by atoms with van der Waals surface area (Å²) in [5.74, 6) is 0.175. The first kappa shape index (κ1) is 29.1. The lowest BCUT2D eigenvalue weighted by Gasteiger charge is -2.25. The number of rotatable bonds is 7. The molecule has 6 rings (SSSR count). The van der Waals surface area contributed by atoms with E-state index in [2.05, 4.69) is 0 Å². The second-order valence-electron chi connectivity index (χ2n) is 10.9. The highest BCUT2D eigenvalue weighted by Gasteiger charge is 2.34. The molecule has 9 heteroatoms. The number of hydrogen-bond donors (Lipinski definition) is 0. The number of ether oxygens (including phenoxy) is 2. The van der Waals surface area contributed by atoms with E-state index in [-0.39, 0.29) is 11.7 Å². The van der Waals surface area contributed by atoms with Crippen LogP contribution in [-0.4, -0.2) is 33.5 Å². The van der Waals surface area contributed by atoms with Crippen LogP contribution in [0.5, 0.6) is 5.75 Å². The molecular weight excluding hydrogens is 572 g/mol. The molecule has 3 heterocycles. The van der Waals surface area contributed by atoms with Gasteiger partial charge >= 0.3 is 5.97 Å². The summed E-state index contributed by atoms with van der Waals surface area (Å²) in [6, 6.07) is 24.7. The lowest BCUT2D eigenvalue weighted by molar-refractivity contribution is -0.143.